The number of nitrogens with zero attached hydrogens (tertiary/aromatic N) is 1. The number of likely N-dealkylation sites (N-methyl/N-ethyl adjacent to an activating group) is 1. The lowest BCUT2D eigenvalue weighted by atomic mass is 9.73. The van der Waals surface area contributed by atoms with Gasteiger partial charge in [-0.05, 0) is 38.3 Å². The van der Waals surface area contributed by atoms with E-state index >= 15 is 0 Å². The summed E-state index contributed by atoms with van der Waals surface area (Å²) in [7, 11) is 2.26. The maximum Gasteiger partial charge on any atom is 0.0334 e. The van der Waals surface area contributed by atoms with Gasteiger partial charge >= 0.3 is 0 Å². The fourth-order valence-corrected chi connectivity index (χ4v) is 3.75. The van der Waals surface area contributed by atoms with Gasteiger partial charge in [-0.3, -0.25) is 4.90 Å². The summed E-state index contributed by atoms with van der Waals surface area (Å²) in [4.78, 5) is 2.52. The summed E-state index contributed by atoms with van der Waals surface area (Å²) >= 11 is 0. The average molecular weight is 274 g/mol. The maximum absolute atomic E-state index is 6.20. The zero-order valence-electron chi connectivity index (χ0n) is 13.4. The molecule has 0 bridgehead atoms. The van der Waals surface area contributed by atoms with E-state index in [0.717, 1.165) is 19.0 Å². The Labute approximate surface area is 124 Å². The average Bonchev–Trinajstić information content (AvgIpc) is 2.47. The van der Waals surface area contributed by atoms with Crippen LogP contribution in [0, 0.1) is 12.8 Å². The zero-order chi connectivity index (χ0) is 14.6. The van der Waals surface area contributed by atoms with Gasteiger partial charge in [0.25, 0.3) is 0 Å². The highest BCUT2D eigenvalue weighted by Gasteiger charge is 2.37. The highest BCUT2D eigenvalue weighted by molar-refractivity contribution is 5.22. The standard InChI is InChI=1S/C18H30N2/c1-4-16-9-6-10-18(12-16,14-19)20(3)13-17-8-5-7-15(2)11-17/h5,7-8,11,16H,4,6,9-10,12-14,19H2,1-3H3. The van der Waals surface area contributed by atoms with Crippen LogP contribution in [0.15, 0.2) is 24.3 Å². The third-order valence-electron chi connectivity index (χ3n) is 5.19. The van der Waals surface area contributed by atoms with Crippen LogP contribution in [-0.2, 0) is 6.54 Å². The molecule has 2 atom stereocenters. The SMILES string of the molecule is CCC1CCCC(CN)(N(C)Cc2cccc(C)c2)C1. The fourth-order valence-electron chi connectivity index (χ4n) is 3.75. The van der Waals surface area contributed by atoms with E-state index in [9.17, 15) is 0 Å². The molecule has 1 saturated carbocycles. The zero-order valence-corrected chi connectivity index (χ0v) is 13.4. The van der Waals surface area contributed by atoms with Crippen LogP contribution < -0.4 is 5.73 Å². The number of rotatable bonds is 5. The van der Waals surface area contributed by atoms with Crippen LogP contribution in [0.5, 0.6) is 0 Å². The quantitative estimate of drug-likeness (QED) is 0.886. The molecular weight excluding hydrogens is 244 g/mol. The van der Waals surface area contributed by atoms with Crippen molar-refractivity contribution in [1.82, 2.24) is 4.90 Å². The van der Waals surface area contributed by atoms with Crippen molar-refractivity contribution in [3.05, 3.63) is 35.4 Å². The van der Waals surface area contributed by atoms with Crippen molar-refractivity contribution in [2.75, 3.05) is 13.6 Å². The number of aryl methyl sites for hydroxylation is 1. The van der Waals surface area contributed by atoms with E-state index < -0.39 is 0 Å². The lowest BCUT2D eigenvalue weighted by molar-refractivity contribution is 0.0504. The minimum absolute atomic E-state index is 0.211. The molecule has 0 amide bonds. The summed E-state index contributed by atoms with van der Waals surface area (Å²) in [5.74, 6) is 0.854. The van der Waals surface area contributed by atoms with Crippen molar-refractivity contribution in [2.45, 2.75) is 58.0 Å². The Morgan fingerprint density at radius 3 is 2.85 bits per heavy atom. The van der Waals surface area contributed by atoms with Gasteiger partial charge in [-0.2, -0.15) is 0 Å². The van der Waals surface area contributed by atoms with Crippen LogP contribution in [0.2, 0.25) is 0 Å². The van der Waals surface area contributed by atoms with E-state index in [1.54, 1.807) is 0 Å². The van der Waals surface area contributed by atoms with Gasteiger partial charge in [-0.25, -0.2) is 0 Å². The van der Waals surface area contributed by atoms with Crippen LogP contribution in [0.1, 0.15) is 50.2 Å². The molecule has 2 nitrogen and oxygen atoms in total. The predicted octanol–water partition coefficient (Wildman–Crippen LogP) is 3.72. The summed E-state index contributed by atoms with van der Waals surface area (Å²) in [5, 5.41) is 0. The Hall–Kier alpha value is -0.860. The van der Waals surface area contributed by atoms with Crippen LogP contribution in [-0.4, -0.2) is 24.0 Å². The van der Waals surface area contributed by atoms with Crippen molar-refractivity contribution in [3.8, 4) is 0 Å². The van der Waals surface area contributed by atoms with Gasteiger partial charge in [0.05, 0.1) is 0 Å². The lowest BCUT2D eigenvalue weighted by Crippen LogP contribution is -2.54. The van der Waals surface area contributed by atoms with Crippen molar-refractivity contribution in [3.63, 3.8) is 0 Å². The van der Waals surface area contributed by atoms with E-state index in [0.29, 0.717) is 0 Å². The maximum atomic E-state index is 6.20. The van der Waals surface area contributed by atoms with E-state index in [1.165, 1.54) is 43.2 Å². The van der Waals surface area contributed by atoms with Crippen LogP contribution >= 0.6 is 0 Å². The summed E-state index contributed by atoms with van der Waals surface area (Å²) in [6, 6.07) is 8.84. The second-order valence-electron chi connectivity index (χ2n) is 6.64. The molecule has 0 radical (unpaired) electrons. The number of benzene rings is 1. The van der Waals surface area contributed by atoms with Gasteiger partial charge in [0.15, 0.2) is 0 Å². The molecule has 0 spiro atoms. The minimum Gasteiger partial charge on any atom is -0.329 e. The summed E-state index contributed by atoms with van der Waals surface area (Å²) in [6.45, 7) is 6.27. The third kappa shape index (κ3) is 3.42. The van der Waals surface area contributed by atoms with Gasteiger partial charge < -0.3 is 5.73 Å². The largest absolute Gasteiger partial charge is 0.329 e. The Morgan fingerprint density at radius 1 is 1.40 bits per heavy atom. The number of hydrogen-bond donors (Lipinski definition) is 1. The van der Waals surface area contributed by atoms with Crippen molar-refractivity contribution in [1.29, 1.82) is 0 Å². The highest BCUT2D eigenvalue weighted by atomic mass is 15.2. The van der Waals surface area contributed by atoms with E-state index in [-0.39, 0.29) is 5.54 Å². The highest BCUT2D eigenvalue weighted by Crippen LogP contribution is 2.37. The van der Waals surface area contributed by atoms with Crippen LogP contribution in [0.4, 0.5) is 0 Å². The van der Waals surface area contributed by atoms with Gasteiger partial charge in [-0.15, -0.1) is 0 Å². The molecule has 0 heterocycles. The molecule has 1 fully saturated rings. The number of nitrogens with two attached hydrogens (primary N) is 1. The smallest absolute Gasteiger partial charge is 0.0334 e. The lowest BCUT2D eigenvalue weighted by Gasteiger charge is -2.46. The normalized spacial score (nSPS) is 26.9. The molecule has 2 heteroatoms. The van der Waals surface area contributed by atoms with Crippen LogP contribution in [0.25, 0.3) is 0 Å². The molecule has 1 aliphatic rings. The van der Waals surface area contributed by atoms with Crippen molar-refractivity contribution < 1.29 is 0 Å². The molecule has 1 aliphatic carbocycles. The first-order chi connectivity index (χ1) is 9.59. The predicted molar refractivity (Wildman–Crippen MR) is 86.7 cm³/mol. The first kappa shape index (κ1) is 15.5. The molecule has 1 aromatic carbocycles. The summed E-state index contributed by atoms with van der Waals surface area (Å²) in [5.41, 5.74) is 9.15. The van der Waals surface area contributed by atoms with Gasteiger partial charge in [0, 0.05) is 18.6 Å². The molecular formula is C18H30N2. The van der Waals surface area contributed by atoms with E-state index in [1.807, 2.05) is 0 Å². The molecule has 112 valence electrons. The molecule has 20 heavy (non-hydrogen) atoms. The first-order valence-electron chi connectivity index (χ1n) is 8.06. The second kappa shape index (κ2) is 6.73. The second-order valence-corrected chi connectivity index (χ2v) is 6.64. The minimum atomic E-state index is 0.211. The Balaban J connectivity index is 2.10. The molecule has 0 aliphatic heterocycles. The summed E-state index contributed by atoms with van der Waals surface area (Å²) in [6.07, 6.45) is 6.52. The van der Waals surface area contributed by atoms with Gasteiger partial charge in [0.1, 0.15) is 0 Å². The Morgan fingerprint density at radius 2 is 2.20 bits per heavy atom. The van der Waals surface area contributed by atoms with Crippen molar-refractivity contribution in [2.24, 2.45) is 11.7 Å². The Bertz CT molecular complexity index is 429. The third-order valence-corrected chi connectivity index (χ3v) is 5.19. The van der Waals surface area contributed by atoms with Crippen LogP contribution in [0.3, 0.4) is 0 Å². The topological polar surface area (TPSA) is 29.3 Å². The van der Waals surface area contributed by atoms with E-state index in [2.05, 4.69) is 50.1 Å². The van der Waals surface area contributed by atoms with Gasteiger partial charge in [0.2, 0.25) is 0 Å². The van der Waals surface area contributed by atoms with Gasteiger partial charge in [-0.1, -0.05) is 56.0 Å². The summed E-state index contributed by atoms with van der Waals surface area (Å²) < 4.78 is 0. The number of hydrogen-bond acceptors (Lipinski definition) is 2. The first-order valence-corrected chi connectivity index (χ1v) is 8.06. The molecule has 2 unspecified atom stereocenters. The molecule has 2 rings (SSSR count). The molecule has 0 saturated heterocycles. The fraction of sp³-hybridized carbons (Fsp3) is 0.667. The monoisotopic (exact) mass is 274 g/mol. The van der Waals surface area contributed by atoms with Crippen molar-refractivity contribution >= 4 is 0 Å². The molecule has 0 aromatic heterocycles. The molecule has 2 N–H and O–H groups in total. The molecule has 1 aromatic rings. The Kier molecular flexibility index (Phi) is 5.22. The van der Waals surface area contributed by atoms with E-state index in [4.69, 9.17) is 5.73 Å².